The van der Waals surface area contributed by atoms with Crippen LogP contribution in [0.4, 0.5) is 5.69 Å². The fourth-order valence-corrected chi connectivity index (χ4v) is 4.33. The average molecular weight is 440 g/mol. The second-order valence-corrected chi connectivity index (χ2v) is 9.39. The van der Waals surface area contributed by atoms with Gasteiger partial charge in [0.2, 0.25) is 0 Å². The third-order valence-corrected chi connectivity index (χ3v) is 6.20. The van der Waals surface area contributed by atoms with Gasteiger partial charge in [-0.15, -0.1) is 23.1 Å². The van der Waals surface area contributed by atoms with Gasteiger partial charge in [-0.3, -0.25) is 9.59 Å². The predicted octanol–water partition coefficient (Wildman–Crippen LogP) is 5.44. The van der Waals surface area contributed by atoms with Gasteiger partial charge in [0.25, 0.3) is 11.8 Å². The number of rotatable bonds is 7. The number of carbonyl (C=O) groups excluding carboxylic acids is 2. The summed E-state index contributed by atoms with van der Waals surface area (Å²) in [4.78, 5) is 30.5. The van der Waals surface area contributed by atoms with Crippen LogP contribution in [0.5, 0.6) is 0 Å². The smallest absolute Gasteiger partial charge is 0.255 e. The molecule has 3 rings (SSSR count). The number of aryl methyl sites for hydroxylation is 2. The van der Waals surface area contributed by atoms with Crippen LogP contribution in [-0.4, -0.2) is 22.8 Å². The Bertz CT molecular complexity index is 1040. The molecule has 0 atom stereocenters. The molecule has 2 N–H and O–H groups in total. The van der Waals surface area contributed by atoms with Crippen molar-refractivity contribution in [2.75, 3.05) is 5.32 Å². The minimum Gasteiger partial charge on any atom is -0.350 e. The number of benzene rings is 2. The number of nitrogens with one attached hydrogen (secondary N) is 2. The molecule has 156 valence electrons. The lowest BCUT2D eigenvalue weighted by Gasteiger charge is -2.12. The summed E-state index contributed by atoms with van der Waals surface area (Å²) in [7, 11) is 0. The van der Waals surface area contributed by atoms with Crippen molar-refractivity contribution >= 4 is 40.6 Å². The van der Waals surface area contributed by atoms with E-state index in [-0.39, 0.29) is 17.9 Å². The van der Waals surface area contributed by atoms with Crippen LogP contribution in [0.2, 0.25) is 0 Å². The highest BCUT2D eigenvalue weighted by Crippen LogP contribution is 2.24. The van der Waals surface area contributed by atoms with Crippen molar-refractivity contribution in [1.82, 2.24) is 10.3 Å². The van der Waals surface area contributed by atoms with E-state index in [2.05, 4.69) is 21.0 Å². The van der Waals surface area contributed by atoms with E-state index in [0.717, 1.165) is 26.9 Å². The molecule has 3 aromatic rings. The molecule has 1 aromatic heterocycles. The third kappa shape index (κ3) is 5.93. The van der Waals surface area contributed by atoms with Crippen molar-refractivity contribution < 1.29 is 9.59 Å². The molecule has 2 aromatic carbocycles. The topological polar surface area (TPSA) is 71.1 Å². The van der Waals surface area contributed by atoms with E-state index in [4.69, 9.17) is 0 Å². The zero-order valence-electron chi connectivity index (χ0n) is 17.5. The fraction of sp³-hybridized carbons (Fsp3) is 0.261. The summed E-state index contributed by atoms with van der Waals surface area (Å²) >= 11 is 3.34. The SMILES string of the molecule is Cc1nc(CSc2ccc(C(=O)Nc3ccc(C)c(C(=O)NC(C)C)c3)cc2)cs1. The molecule has 2 amide bonds. The van der Waals surface area contributed by atoms with E-state index in [9.17, 15) is 9.59 Å². The minimum atomic E-state index is -0.208. The summed E-state index contributed by atoms with van der Waals surface area (Å²) in [5.74, 6) is 0.455. The Balaban J connectivity index is 1.63. The molecule has 0 aliphatic heterocycles. The summed E-state index contributed by atoms with van der Waals surface area (Å²) in [6, 6.07) is 12.9. The van der Waals surface area contributed by atoms with Crippen LogP contribution >= 0.6 is 23.1 Å². The minimum absolute atomic E-state index is 0.0473. The van der Waals surface area contributed by atoms with E-state index in [1.807, 2.05) is 58.0 Å². The standard InChI is InChI=1S/C23H25N3O2S2/c1-14(2)24-23(28)21-11-18(8-5-15(21)3)26-22(27)17-6-9-20(10-7-17)30-13-19-12-29-16(4)25-19/h5-12,14H,13H2,1-4H3,(H,24,28)(H,26,27). The summed E-state index contributed by atoms with van der Waals surface area (Å²) in [6.45, 7) is 7.71. The monoisotopic (exact) mass is 439 g/mol. The van der Waals surface area contributed by atoms with Crippen LogP contribution in [0.15, 0.2) is 52.7 Å². The maximum absolute atomic E-state index is 12.6. The van der Waals surface area contributed by atoms with Gasteiger partial charge in [-0.25, -0.2) is 4.98 Å². The van der Waals surface area contributed by atoms with Crippen LogP contribution in [0.3, 0.4) is 0 Å². The van der Waals surface area contributed by atoms with Crippen LogP contribution in [0, 0.1) is 13.8 Å². The van der Waals surface area contributed by atoms with Crippen molar-refractivity contribution in [3.05, 3.63) is 75.2 Å². The summed E-state index contributed by atoms with van der Waals surface area (Å²) < 4.78 is 0. The first-order chi connectivity index (χ1) is 14.3. The number of amides is 2. The average Bonchev–Trinajstić information content (AvgIpc) is 3.13. The van der Waals surface area contributed by atoms with Gasteiger partial charge in [-0.05, 0) is 69.7 Å². The lowest BCUT2D eigenvalue weighted by molar-refractivity contribution is 0.0941. The number of hydrogen-bond acceptors (Lipinski definition) is 5. The molecule has 7 heteroatoms. The molecular formula is C23H25N3O2S2. The van der Waals surface area contributed by atoms with E-state index in [1.54, 1.807) is 35.2 Å². The Morgan fingerprint density at radius 3 is 2.43 bits per heavy atom. The maximum Gasteiger partial charge on any atom is 0.255 e. The number of carbonyl (C=O) groups is 2. The van der Waals surface area contributed by atoms with Crippen LogP contribution in [0.25, 0.3) is 0 Å². The number of thioether (sulfide) groups is 1. The van der Waals surface area contributed by atoms with Crippen LogP contribution < -0.4 is 10.6 Å². The number of hydrogen-bond donors (Lipinski definition) is 2. The molecule has 0 fully saturated rings. The molecule has 0 aliphatic rings. The zero-order valence-corrected chi connectivity index (χ0v) is 19.1. The van der Waals surface area contributed by atoms with Gasteiger partial charge in [-0.2, -0.15) is 0 Å². The van der Waals surface area contributed by atoms with Crippen LogP contribution in [-0.2, 0) is 5.75 Å². The Morgan fingerprint density at radius 1 is 1.07 bits per heavy atom. The predicted molar refractivity (Wildman–Crippen MR) is 125 cm³/mol. The fourth-order valence-electron chi connectivity index (χ4n) is 2.82. The van der Waals surface area contributed by atoms with Gasteiger partial charge in [-0.1, -0.05) is 6.07 Å². The molecule has 0 saturated heterocycles. The lowest BCUT2D eigenvalue weighted by Crippen LogP contribution is -2.30. The van der Waals surface area contributed by atoms with Crippen molar-refractivity contribution in [3.63, 3.8) is 0 Å². The Hall–Kier alpha value is -2.64. The van der Waals surface area contributed by atoms with E-state index >= 15 is 0 Å². The molecule has 1 heterocycles. The number of anilines is 1. The molecule has 0 saturated carbocycles. The van der Waals surface area contributed by atoms with Crippen molar-refractivity contribution in [2.24, 2.45) is 0 Å². The number of aromatic nitrogens is 1. The van der Waals surface area contributed by atoms with E-state index in [0.29, 0.717) is 16.8 Å². The van der Waals surface area contributed by atoms with Crippen molar-refractivity contribution in [3.8, 4) is 0 Å². The normalized spacial score (nSPS) is 10.8. The zero-order chi connectivity index (χ0) is 21.7. The second-order valence-electron chi connectivity index (χ2n) is 7.28. The van der Waals surface area contributed by atoms with E-state index in [1.165, 1.54) is 0 Å². The quantitative estimate of drug-likeness (QED) is 0.481. The highest BCUT2D eigenvalue weighted by molar-refractivity contribution is 7.98. The molecule has 0 spiro atoms. The van der Waals surface area contributed by atoms with Crippen molar-refractivity contribution in [1.29, 1.82) is 0 Å². The van der Waals surface area contributed by atoms with Gasteiger partial charge in [0.15, 0.2) is 0 Å². The highest BCUT2D eigenvalue weighted by atomic mass is 32.2. The first-order valence-electron chi connectivity index (χ1n) is 9.68. The Morgan fingerprint density at radius 2 is 1.80 bits per heavy atom. The number of nitrogens with zero attached hydrogens (tertiary/aromatic N) is 1. The van der Waals surface area contributed by atoms with Gasteiger partial charge in [0.05, 0.1) is 10.7 Å². The Kier molecular flexibility index (Phi) is 7.29. The third-order valence-electron chi connectivity index (χ3n) is 4.33. The molecule has 30 heavy (non-hydrogen) atoms. The largest absolute Gasteiger partial charge is 0.350 e. The first kappa shape index (κ1) is 22.1. The second kappa shape index (κ2) is 9.91. The van der Waals surface area contributed by atoms with E-state index < -0.39 is 0 Å². The van der Waals surface area contributed by atoms with Gasteiger partial charge < -0.3 is 10.6 Å². The first-order valence-corrected chi connectivity index (χ1v) is 11.5. The number of thiazole rings is 1. The Labute approximate surface area is 185 Å². The van der Waals surface area contributed by atoms with Crippen LogP contribution in [0.1, 0.15) is 50.8 Å². The molecule has 5 nitrogen and oxygen atoms in total. The molecule has 0 bridgehead atoms. The maximum atomic E-state index is 12.6. The highest BCUT2D eigenvalue weighted by Gasteiger charge is 2.13. The molecular weight excluding hydrogens is 414 g/mol. The lowest BCUT2D eigenvalue weighted by atomic mass is 10.1. The summed E-state index contributed by atoms with van der Waals surface area (Å²) in [6.07, 6.45) is 0. The van der Waals surface area contributed by atoms with Crippen molar-refractivity contribution in [2.45, 2.75) is 44.4 Å². The van der Waals surface area contributed by atoms with Gasteiger partial charge >= 0.3 is 0 Å². The molecule has 0 aliphatic carbocycles. The summed E-state index contributed by atoms with van der Waals surface area (Å²) in [5.41, 5.74) is 3.66. The summed E-state index contributed by atoms with van der Waals surface area (Å²) in [5, 5.41) is 8.90. The van der Waals surface area contributed by atoms with Gasteiger partial charge in [0.1, 0.15) is 0 Å². The molecule has 0 unspecified atom stereocenters. The molecule has 0 radical (unpaired) electrons. The van der Waals surface area contributed by atoms with Gasteiger partial charge in [0, 0.05) is 38.9 Å².